The van der Waals surface area contributed by atoms with Crippen molar-refractivity contribution in [2.24, 2.45) is 0 Å². The second-order valence-corrected chi connectivity index (χ2v) is 8.56. The van der Waals surface area contributed by atoms with Gasteiger partial charge in [0.05, 0.1) is 11.0 Å². The summed E-state index contributed by atoms with van der Waals surface area (Å²) in [5.41, 5.74) is 3.26. The number of fused-ring (bicyclic) bond motifs is 1. The van der Waals surface area contributed by atoms with Crippen LogP contribution >= 0.6 is 0 Å². The van der Waals surface area contributed by atoms with E-state index in [0.717, 1.165) is 16.8 Å². The van der Waals surface area contributed by atoms with Crippen molar-refractivity contribution in [3.05, 3.63) is 99.4 Å². The molecule has 8 heteroatoms. The molecule has 4 rings (SSSR count). The fraction of sp³-hybridized carbons (Fsp3) is 0.308. The number of non-ortho nitro benzene ring substituents is 1. The Morgan fingerprint density at radius 2 is 1.85 bits per heavy atom. The molecule has 0 saturated heterocycles. The quantitative estimate of drug-likeness (QED) is 0.391. The summed E-state index contributed by atoms with van der Waals surface area (Å²) in [6, 6.07) is 17.6. The van der Waals surface area contributed by atoms with Crippen molar-refractivity contribution in [2.75, 3.05) is 19.6 Å². The number of aromatic nitrogens is 1. The van der Waals surface area contributed by atoms with Crippen LogP contribution in [0.5, 0.6) is 0 Å². The van der Waals surface area contributed by atoms with Crippen LogP contribution in [0.2, 0.25) is 0 Å². The minimum Gasteiger partial charge on any atom is -0.348 e. The molecule has 0 N–H and O–H groups in total. The van der Waals surface area contributed by atoms with Crippen LogP contribution in [0.3, 0.4) is 0 Å². The van der Waals surface area contributed by atoms with Gasteiger partial charge in [-0.25, -0.2) is 0 Å². The summed E-state index contributed by atoms with van der Waals surface area (Å²) in [5, 5.41) is 11.1. The van der Waals surface area contributed by atoms with E-state index in [1.54, 1.807) is 6.07 Å². The molecule has 1 aliphatic heterocycles. The molecule has 1 aromatic heterocycles. The molecule has 0 spiro atoms. The van der Waals surface area contributed by atoms with E-state index in [1.165, 1.54) is 23.1 Å². The predicted molar refractivity (Wildman–Crippen MR) is 128 cm³/mol. The monoisotopic (exact) mass is 460 g/mol. The average molecular weight is 461 g/mol. The maximum atomic E-state index is 13.6. The molecule has 0 radical (unpaired) electrons. The number of aryl methyl sites for hydroxylation is 1. The maximum absolute atomic E-state index is 13.6. The van der Waals surface area contributed by atoms with Crippen LogP contribution in [-0.4, -0.2) is 50.7 Å². The lowest BCUT2D eigenvalue weighted by atomic mass is 9.98. The van der Waals surface area contributed by atoms with Crippen LogP contribution < -0.4 is 0 Å². The Morgan fingerprint density at radius 1 is 1.09 bits per heavy atom. The molecule has 1 aliphatic rings. The average Bonchev–Trinajstić information content (AvgIpc) is 3.32. The molecule has 176 valence electrons. The van der Waals surface area contributed by atoms with E-state index in [2.05, 4.69) is 4.57 Å². The number of rotatable bonds is 7. The summed E-state index contributed by atoms with van der Waals surface area (Å²) in [7, 11) is 0. The Balaban J connectivity index is 1.60. The summed E-state index contributed by atoms with van der Waals surface area (Å²) < 4.78 is 2.16. The smallest absolute Gasteiger partial charge is 0.270 e. The Kier molecular flexibility index (Phi) is 6.77. The molecule has 2 aromatic carbocycles. The lowest BCUT2D eigenvalue weighted by Gasteiger charge is -2.38. The zero-order chi connectivity index (χ0) is 24.2. The normalized spacial score (nSPS) is 15.0. The van der Waals surface area contributed by atoms with Crippen LogP contribution in [0.25, 0.3) is 0 Å². The minimum atomic E-state index is -0.527. The Labute approximate surface area is 198 Å². The number of nitro groups is 1. The zero-order valence-electron chi connectivity index (χ0n) is 19.4. The van der Waals surface area contributed by atoms with Crippen LogP contribution in [0.15, 0.2) is 66.9 Å². The SMILES string of the molecule is CCCN(CC(=O)N1CCn2cccc2C1c1ccc(C)cc1)C(=O)c1cccc([N+](=O)[O-])c1. The van der Waals surface area contributed by atoms with Crippen molar-refractivity contribution in [1.82, 2.24) is 14.4 Å². The summed E-state index contributed by atoms with van der Waals surface area (Å²) in [6.45, 7) is 5.47. The van der Waals surface area contributed by atoms with Gasteiger partial charge in [-0.3, -0.25) is 19.7 Å². The number of hydrogen-bond donors (Lipinski definition) is 0. The number of amides is 2. The second-order valence-electron chi connectivity index (χ2n) is 8.56. The molecule has 1 unspecified atom stereocenters. The van der Waals surface area contributed by atoms with E-state index in [0.29, 0.717) is 26.1 Å². The number of benzene rings is 2. The van der Waals surface area contributed by atoms with Gasteiger partial charge in [-0.1, -0.05) is 42.8 Å². The highest BCUT2D eigenvalue weighted by atomic mass is 16.6. The molecule has 1 atom stereocenters. The summed E-state index contributed by atoms with van der Waals surface area (Å²) in [4.78, 5) is 40.7. The fourth-order valence-electron chi connectivity index (χ4n) is 4.46. The summed E-state index contributed by atoms with van der Waals surface area (Å²) in [6.07, 6.45) is 2.69. The van der Waals surface area contributed by atoms with Crippen LogP contribution in [0.1, 0.15) is 46.6 Å². The molecule has 8 nitrogen and oxygen atoms in total. The van der Waals surface area contributed by atoms with Crippen molar-refractivity contribution in [3.8, 4) is 0 Å². The van der Waals surface area contributed by atoms with Gasteiger partial charge in [0.2, 0.25) is 5.91 Å². The highest BCUT2D eigenvalue weighted by Crippen LogP contribution is 2.32. The highest BCUT2D eigenvalue weighted by Gasteiger charge is 2.33. The molecule has 34 heavy (non-hydrogen) atoms. The molecule has 0 aliphatic carbocycles. The topological polar surface area (TPSA) is 88.7 Å². The van der Waals surface area contributed by atoms with Gasteiger partial charge in [-0.15, -0.1) is 0 Å². The third-order valence-corrected chi connectivity index (χ3v) is 6.16. The Bertz CT molecular complexity index is 1200. The predicted octanol–water partition coefficient (Wildman–Crippen LogP) is 4.19. The minimum absolute atomic E-state index is 0.0849. The number of nitrogens with zero attached hydrogens (tertiary/aromatic N) is 4. The first-order valence-electron chi connectivity index (χ1n) is 11.4. The van der Waals surface area contributed by atoms with E-state index in [9.17, 15) is 19.7 Å². The van der Waals surface area contributed by atoms with Crippen molar-refractivity contribution in [3.63, 3.8) is 0 Å². The first kappa shape index (κ1) is 23.2. The standard InChI is InChI=1S/C26H28N4O4/c1-3-13-28(26(32)21-6-4-7-22(17-21)30(33)34)18-24(31)29-16-15-27-14-5-8-23(27)25(29)20-11-9-19(2)10-12-20/h4-12,14,17,25H,3,13,15-16,18H2,1-2H3. The van der Waals surface area contributed by atoms with Gasteiger partial charge in [-0.05, 0) is 37.1 Å². The van der Waals surface area contributed by atoms with Crippen molar-refractivity contribution >= 4 is 17.5 Å². The van der Waals surface area contributed by atoms with Crippen LogP contribution in [-0.2, 0) is 11.3 Å². The fourth-order valence-corrected chi connectivity index (χ4v) is 4.46. The van der Waals surface area contributed by atoms with E-state index in [1.807, 2.05) is 61.3 Å². The highest BCUT2D eigenvalue weighted by molar-refractivity contribution is 5.97. The van der Waals surface area contributed by atoms with Gasteiger partial charge in [0.1, 0.15) is 6.54 Å². The third kappa shape index (κ3) is 4.71. The Hall–Kier alpha value is -3.94. The Morgan fingerprint density at radius 3 is 2.56 bits per heavy atom. The number of hydrogen-bond acceptors (Lipinski definition) is 4. The molecule has 2 amide bonds. The number of nitro benzene ring substituents is 1. The van der Waals surface area contributed by atoms with Crippen molar-refractivity contribution in [2.45, 2.75) is 32.9 Å². The van der Waals surface area contributed by atoms with Crippen LogP contribution in [0.4, 0.5) is 5.69 Å². The molecular formula is C26H28N4O4. The molecule has 0 bridgehead atoms. The first-order chi connectivity index (χ1) is 16.4. The summed E-state index contributed by atoms with van der Waals surface area (Å²) in [5.74, 6) is -0.531. The summed E-state index contributed by atoms with van der Waals surface area (Å²) >= 11 is 0. The van der Waals surface area contributed by atoms with Gasteiger partial charge in [0.25, 0.3) is 11.6 Å². The number of carbonyl (C=O) groups is 2. The largest absolute Gasteiger partial charge is 0.348 e. The van der Waals surface area contributed by atoms with Gasteiger partial charge in [0.15, 0.2) is 0 Å². The van der Waals surface area contributed by atoms with E-state index in [4.69, 9.17) is 0 Å². The molecule has 0 saturated carbocycles. The van der Waals surface area contributed by atoms with Gasteiger partial charge in [-0.2, -0.15) is 0 Å². The second kappa shape index (κ2) is 9.91. The zero-order valence-corrected chi connectivity index (χ0v) is 19.4. The van der Waals surface area contributed by atoms with Gasteiger partial charge in [0, 0.05) is 49.2 Å². The van der Waals surface area contributed by atoms with Crippen LogP contribution in [0, 0.1) is 17.0 Å². The maximum Gasteiger partial charge on any atom is 0.270 e. The lowest BCUT2D eigenvalue weighted by Crippen LogP contribution is -2.48. The lowest BCUT2D eigenvalue weighted by molar-refractivity contribution is -0.384. The third-order valence-electron chi connectivity index (χ3n) is 6.16. The van der Waals surface area contributed by atoms with E-state index >= 15 is 0 Å². The molecule has 3 aromatic rings. The molecule has 0 fully saturated rings. The van der Waals surface area contributed by atoms with Crippen molar-refractivity contribution in [1.29, 1.82) is 0 Å². The molecular weight excluding hydrogens is 432 g/mol. The molecule has 2 heterocycles. The van der Waals surface area contributed by atoms with Crippen molar-refractivity contribution < 1.29 is 14.5 Å². The van der Waals surface area contributed by atoms with E-state index < -0.39 is 4.92 Å². The van der Waals surface area contributed by atoms with Gasteiger partial charge >= 0.3 is 0 Å². The van der Waals surface area contributed by atoms with E-state index in [-0.39, 0.29) is 35.7 Å². The van der Waals surface area contributed by atoms with Gasteiger partial charge < -0.3 is 14.4 Å². The first-order valence-corrected chi connectivity index (χ1v) is 11.4. The number of carbonyl (C=O) groups excluding carboxylic acids is 2.